The average molecular weight is 771 g/mol. The van der Waals surface area contributed by atoms with E-state index in [1.54, 1.807) is 17.5 Å². The van der Waals surface area contributed by atoms with Crippen LogP contribution in [-0.2, 0) is 14.3 Å². The number of nitriles is 1. The maximum Gasteiger partial charge on any atom is 0.234 e. The van der Waals surface area contributed by atoms with Crippen LogP contribution in [0.4, 0.5) is 16.6 Å². The fourth-order valence-electron chi connectivity index (χ4n) is 8.98. The molecule has 4 atom stereocenters. The third-order valence-corrected chi connectivity index (χ3v) is 13.3. The number of rotatable bonds is 9. The van der Waals surface area contributed by atoms with Crippen molar-refractivity contribution in [2.24, 2.45) is 17.8 Å². The Morgan fingerprint density at radius 3 is 2.54 bits per heavy atom. The number of carbonyl (C=O) groups is 2. The SMILES string of the molecule is N#Cc1cnn2c(-c3cc(NC4CCOCC4)c(-c4nnc(N5CCN(CC6[C@H]7CN(c8ccc([C@H]9CCC(=O)NC9=O)cn8)C[C@@H]67)CC5)s4)cn3)ccc2c1. The minimum atomic E-state index is -0.301. The van der Waals surface area contributed by atoms with Crippen LogP contribution in [-0.4, -0.2) is 112 Å². The van der Waals surface area contributed by atoms with E-state index in [1.165, 1.54) is 0 Å². The molecule has 1 saturated carbocycles. The molecule has 286 valence electrons. The number of nitrogens with zero attached hydrogens (tertiary/aromatic N) is 10. The molecule has 10 rings (SSSR count). The molecule has 0 aromatic carbocycles. The molecule has 16 heteroatoms. The van der Waals surface area contributed by atoms with Crippen molar-refractivity contribution in [3.8, 4) is 28.0 Å². The molecule has 5 aromatic rings. The monoisotopic (exact) mass is 770 g/mol. The van der Waals surface area contributed by atoms with E-state index in [9.17, 15) is 14.9 Å². The first-order valence-corrected chi connectivity index (χ1v) is 20.4. The van der Waals surface area contributed by atoms with Crippen LogP contribution in [0.5, 0.6) is 0 Å². The van der Waals surface area contributed by atoms with E-state index < -0.39 is 0 Å². The van der Waals surface area contributed by atoms with Gasteiger partial charge in [0.2, 0.25) is 16.9 Å². The van der Waals surface area contributed by atoms with Gasteiger partial charge in [-0.05, 0) is 72.9 Å². The molecular weight excluding hydrogens is 729 g/mol. The Hall–Kier alpha value is -5.50. The fraction of sp³-hybridized carbons (Fsp3) is 0.450. The molecule has 4 saturated heterocycles. The Labute approximate surface area is 327 Å². The van der Waals surface area contributed by atoms with Gasteiger partial charge in [-0.15, -0.1) is 10.2 Å². The van der Waals surface area contributed by atoms with Gasteiger partial charge >= 0.3 is 0 Å². The number of ether oxygens (including phenoxy) is 1. The van der Waals surface area contributed by atoms with Crippen LogP contribution in [0.15, 0.2) is 55.0 Å². The van der Waals surface area contributed by atoms with E-state index in [0.29, 0.717) is 30.2 Å². The average Bonchev–Trinajstić information content (AvgIpc) is 3.71. The lowest BCUT2D eigenvalue weighted by atomic mass is 9.92. The summed E-state index contributed by atoms with van der Waals surface area (Å²) in [6.07, 6.45) is 8.04. The van der Waals surface area contributed by atoms with Gasteiger partial charge in [-0.1, -0.05) is 17.4 Å². The molecule has 9 heterocycles. The number of anilines is 3. The number of piperazine rings is 1. The van der Waals surface area contributed by atoms with Crippen molar-refractivity contribution in [2.75, 3.05) is 74.1 Å². The van der Waals surface area contributed by atoms with Crippen LogP contribution >= 0.6 is 11.3 Å². The van der Waals surface area contributed by atoms with E-state index in [1.807, 2.05) is 47.2 Å². The maximum absolute atomic E-state index is 12.3. The first-order valence-electron chi connectivity index (χ1n) is 19.6. The zero-order chi connectivity index (χ0) is 37.8. The van der Waals surface area contributed by atoms with Crippen molar-refractivity contribution >= 4 is 45.3 Å². The molecule has 0 bridgehead atoms. The minimum Gasteiger partial charge on any atom is -0.381 e. The summed E-state index contributed by atoms with van der Waals surface area (Å²) in [6.45, 7) is 8.48. The normalized spacial score (nSPS) is 24.3. The van der Waals surface area contributed by atoms with Crippen LogP contribution in [0.3, 0.4) is 0 Å². The molecule has 56 heavy (non-hydrogen) atoms. The lowest BCUT2D eigenvalue weighted by Gasteiger charge is -2.35. The van der Waals surface area contributed by atoms with Gasteiger partial charge in [0.25, 0.3) is 0 Å². The zero-order valence-corrected chi connectivity index (χ0v) is 31.7. The first kappa shape index (κ1) is 35.0. The number of carbonyl (C=O) groups excluding carboxylic acids is 2. The second-order valence-electron chi connectivity index (χ2n) is 15.6. The molecule has 5 aromatic heterocycles. The molecule has 4 aliphatic heterocycles. The smallest absolute Gasteiger partial charge is 0.234 e. The van der Waals surface area contributed by atoms with E-state index in [2.05, 4.69) is 52.8 Å². The number of amides is 2. The van der Waals surface area contributed by atoms with Crippen LogP contribution in [0, 0.1) is 29.1 Å². The molecule has 5 fully saturated rings. The van der Waals surface area contributed by atoms with Crippen LogP contribution in [0.2, 0.25) is 0 Å². The van der Waals surface area contributed by atoms with E-state index in [-0.39, 0.29) is 23.8 Å². The fourth-order valence-corrected chi connectivity index (χ4v) is 9.90. The highest BCUT2D eigenvalue weighted by Gasteiger charge is 2.56. The van der Waals surface area contributed by atoms with Crippen LogP contribution < -0.4 is 20.4 Å². The van der Waals surface area contributed by atoms with Gasteiger partial charge in [-0.3, -0.25) is 24.8 Å². The van der Waals surface area contributed by atoms with Crippen molar-refractivity contribution in [2.45, 2.75) is 37.6 Å². The summed E-state index contributed by atoms with van der Waals surface area (Å²) >= 11 is 1.61. The molecule has 2 amide bonds. The zero-order valence-electron chi connectivity index (χ0n) is 30.9. The lowest BCUT2D eigenvalue weighted by Crippen LogP contribution is -2.47. The topological polar surface area (TPSA) is 170 Å². The molecule has 2 N–H and O–H groups in total. The van der Waals surface area contributed by atoms with E-state index >= 15 is 0 Å². The second-order valence-corrected chi connectivity index (χ2v) is 16.5. The number of pyridine rings is 2. The Morgan fingerprint density at radius 2 is 1.77 bits per heavy atom. The summed E-state index contributed by atoms with van der Waals surface area (Å²) in [5, 5.41) is 31.2. The molecule has 5 aliphatic rings. The van der Waals surface area contributed by atoms with Gasteiger partial charge in [0.1, 0.15) is 11.9 Å². The standard InChI is InChI=1S/C40H42N12O3S/c41-17-24-15-27-2-4-35(52(27)44-18-24)34-16-33(45-26-7-13-55-14-8-26)29(20-42-34)39-47-48-40(56-39)50-11-9-49(10-12-50)21-30-31-22-51(23-32(30)31)36-5-1-25(19-43-36)28-3-6-37(53)46-38(28)54/h1-2,4-5,15-16,18-20,26,28,30-32H,3,6-14,21-23H2,(H,42,45)(H,46,53,54)/t28-,30?,31-,32+/m1/s1. The Balaban J connectivity index is 0.760. The second kappa shape index (κ2) is 14.5. The van der Waals surface area contributed by atoms with Gasteiger partial charge in [0.05, 0.1) is 40.1 Å². The molecule has 15 nitrogen and oxygen atoms in total. The van der Waals surface area contributed by atoms with Crippen molar-refractivity contribution < 1.29 is 14.3 Å². The summed E-state index contributed by atoms with van der Waals surface area (Å²) in [4.78, 5) is 40.8. The van der Waals surface area contributed by atoms with Gasteiger partial charge in [0.15, 0.2) is 5.01 Å². The molecular formula is C40H42N12O3S. The molecule has 1 aliphatic carbocycles. The van der Waals surface area contributed by atoms with Gasteiger partial charge < -0.3 is 19.9 Å². The number of hydrogen-bond donors (Lipinski definition) is 2. The summed E-state index contributed by atoms with van der Waals surface area (Å²) in [6, 6.07) is 14.3. The highest BCUT2D eigenvalue weighted by Crippen LogP contribution is 2.52. The Bertz CT molecular complexity index is 2310. The van der Waals surface area contributed by atoms with Crippen LogP contribution in [0.25, 0.3) is 27.5 Å². The highest BCUT2D eigenvalue weighted by molar-refractivity contribution is 7.18. The molecule has 0 radical (unpaired) electrons. The van der Waals surface area contributed by atoms with Gasteiger partial charge in [-0.25, -0.2) is 9.50 Å². The van der Waals surface area contributed by atoms with Crippen molar-refractivity contribution in [1.82, 2.24) is 40.0 Å². The predicted molar refractivity (Wildman–Crippen MR) is 210 cm³/mol. The number of imide groups is 1. The maximum atomic E-state index is 12.3. The number of aromatic nitrogens is 6. The van der Waals surface area contributed by atoms with Crippen molar-refractivity contribution in [1.29, 1.82) is 5.26 Å². The Kier molecular flexibility index (Phi) is 9.07. The Morgan fingerprint density at radius 1 is 0.929 bits per heavy atom. The molecule has 0 spiro atoms. The third-order valence-electron chi connectivity index (χ3n) is 12.2. The third kappa shape index (κ3) is 6.73. The first-order chi connectivity index (χ1) is 27.5. The summed E-state index contributed by atoms with van der Waals surface area (Å²) < 4.78 is 7.45. The van der Waals surface area contributed by atoms with E-state index in [4.69, 9.17) is 14.7 Å². The number of fused-ring (bicyclic) bond motifs is 2. The minimum absolute atomic E-state index is 0.195. The lowest BCUT2D eigenvalue weighted by molar-refractivity contribution is -0.134. The van der Waals surface area contributed by atoms with E-state index in [0.717, 1.165) is 127 Å². The molecule has 1 unspecified atom stereocenters. The van der Waals surface area contributed by atoms with Crippen molar-refractivity contribution in [3.63, 3.8) is 0 Å². The summed E-state index contributed by atoms with van der Waals surface area (Å²) in [5.41, 5.74) is 5.77. The van der Waals surface area contributed by atoms with Gasteiger partial charge in [0, 0.05) is 89.6 Å². The largest absolute Gasteiger partial charge is 0.381 e. The van der Waals surface area contributed by atoms with Crippen LogP contribution in [0.1, 0.15) is 42.7 Å². The highest BCUT2D eigenvalue weighted by atomic mass is 32.1. The summed E-state index contributed by atoms with van der Waals surface area (Å²) in [5.74, 6) is 2.37. The number of piperidine rings is 2. The predicted octanol–water partition coefficient (Wildman–Crippen LogP) is 3.80. The number of nitrogens with one attached hydrogen (secondary N) is 2. The number of hydrogen-bond acceptors (Lipinski definition) is 14. The summed E-state index contributed by atoms with van der Waals surface area (Å²) in [7, 11) is 0. The van der Waals surface area contributed by atoms with Crippen molar-refractivity contribution in [3.05, 3.63) is 66.1 Å². The quantitative estimate of drug-likeness (QED) is 0.208. The van der Waals surface area contributed by atoms with Gasteiger partial charge in [-0.2, -0.15) is 10.4 Å².